The zero-order valence-corrected chi connectivity index (χ0v) is 15.9. The van der Waals surface area contributed by atoms with Crippen LogP contribution in [0.5, 0.6) is 0 Å². The van der Waals surface area contributed by atoms with Crippen molar-refractivity contribution in [2.45, 2.75) is 30.6 Å². The molecule has 27 heavy (non-hydrogen) atoms. The molecule has 3 rings (SSSR count). The van der Waals surface area contributed by atoms with Crippen LogP contribution in [0.25, 0.3) is 0 Å². The van der Waals surface area contributed by atoms with Crippen molar-refractivity contribution in [1.29, 1.82) is 0 Å². The van der Waals surface area contributed by atoms with Crippen molar-refractivity contribution in [1.82, 2.24) is 4.31 Å². The lowest BCUT2D eigenvalue weighted by Crippen LogP contribution is -2.40. The van der Waals surface area contributed by atoms with Gasteiger partial charge in [-0.1, -0.05) is 12.8 Å². The molecule has 9 heteroatoms. The minimum absolute atomic E-state index is 0.0949. The third-order valence-electron chi connectivity index (χ3n) is 4.78. The Kier molecular flexibility index (Phi) is 6.46. The Morgan fingerprint density at radius 2 is 1.74 bits per heavy atom. The van der Waals surface area contributed by atoms with Gasteiger partial charge in [-0.15, -0.1) is 0 Å². The fourth-order valence-corrected chi connectivity index (χ4v) is 4.67. The minimum Gasteiger partial charge on any atom is -0.455 e. The maximum absolute atomic E-state index is 12.5. The lowest BCUT2D eigenvalue weighted by molar-refractivity contribution is -0.151. The highest BCUT2D eigenvalue weighted by Crippen LogP contribution is 2.25. The second-order valence-corrected chi connectivity index (χ2v) is 8.62. The summed E-state index contributed by atoms with van der Waals surface area (Å²) in [6.45, 7) is 1.07. The number of nitrogens with zero attached hydrogens (tertiary/aromatic N) is 1. The molecule has 0 radical (unpaired) electrons. The average Bonchev–Trinajstić information content (AvgIpc) is 3.22. The molecule has 1 aliphatic heterocycles. The Morgan fingerprint density at radius 3 is 2.37 bits per heavy atom. The molecule has 2 fully saturated rings. The molecule has 1 aromatic rings. The van der Waals surface area contributed by atoms with E-state index in [1.165, 1.54) is 28.6 Å². The molecule has 1 saturated heterocycles. The van der Waals surface area contributed by atoms with E-state index in [9.17, 15) is 18.0 Å². The van der Waals surface area contributed by atoms with Crippen molar-refractivity contribution in [2.24, 2.45) is 5.92 Å². The van der Waals surface area contributed by atoms with Gasteiger partial charge < -0.3 is 14.8 Å². The van der Waals surface area contributed by atoms with E-state index in [1.807, 2.05) is 0 Å². The summed E-state index contributed by atoms with van der Waals surface area (Å²) in [5, 5.41) is 2.60. The lowest BCUT2D eigenvalue weighted by Gasteiger charge is -2.26. The predicted octanol–water partition coefficient (Wildman–Crippen LogP) is 1.38. The summed E-state index contributed by atoms with van der Waals surface area (Å²) >= 11 is 0. The summed E-state index contributed by atoms with van der Waals surface area (Å²) in [4.78, 5) is 23.9. The Hall–Kier alpha value is -1.97. The topological polar surface area (TPSA) is 102 Å². The molecule has 8 nitrogen and oxygen atoms in total. The molecule has 1 aliphatic carbocycles. The number of rotatable bonds is 6. The lowest BCUT2D eigenvalue weighted by atomic mass is 10.1. The first kappa shape index (κ1) is 19.8. The quantitative estimate of drug-likeness (QED) is 0.729. The number of carbonyl (C=O) groups is 2. The van der Waals surface area contributed by atoms with Gasteiger partial charge in [-0.3, -0.25) is 9.59 Å². The summed E-state index contributed by atoms with van der Waals surface area (Å²) in [7, 11) is -3.57. The van der Waals surface area contributed by atoms with E-state index in [-0.39, 0.29) is 23.4 Å². The summed E-state index contributed by atoms with van der Waals surface area (Å²) < 4.78 is 36.7. The summed E-state index contributed by atoms with van der Waals surface area (Å²) in [5.74, 6) is -0.873. The molecule has 1 saturated carbocycles. The SMILES string of the molecule is O=C(COC(=O)C1CCCC1)Nc1ccc(S(=O)(=O)N2CCOCC2)cc1. The molecule has 1 aromatic carbocycles. The Balaban J connectivity index is 1.52. The fourth-order valence-electron chi connectivity index (χ4n) is 3.26. The van der Waals surface area contributed by atoms with Crippen LogP contribution in [0.1, 0.15) is 25.7 Å². The summed E-state index contributed by atoms with van der Waals surface area (Å²) in [6, 6.07) is 5.93. The van der Waals surface area contributed by atoms with Gasteiger partial charge in [-0.2, -0.15) is 4.31 Å². The van der Waals surface area contributed by atoms with Crippen LogP contribution < -0.4 is 5.32 Å². The van der Waals surface area contributed by atoms with Gasteiger partial charge in [0.25, 0.3) is 5.91 Å². The van der Waals surface area contributed by atoms with Crippen LogP contribution in [0.2, 0.25) is 0 Å². The van der Waals surface area contributed by atoms with Crippen molar-refractivity contribution in [2.75, 3.05) is 38.2 Å². The normalized spacial score (nSPS) is 19.0. The first-order valence-electron chi connectivity index (χ1n) is 9.11. The minimum atomic E-state index is -3.57. The van der Waals surface area contributed by atoms with Crippen molar-refractivity contribution >= 4 is 27.6 Å². The third kappa shape index (κ3) is 5.06. The highest BCUT2D eigenvalue weighted by Gasteiger charge is 2.26. The van der Waals surface area contributed by atoms with Crippen LogP contribution in [-0.2, 0) is 29.1 Å². The summed E-state index contributed by atoms with van der Waals surface area (Å²) in [6.07, 6.45) is 3.68. The van der Waals surface area contributed by atoms with Crippen LogP contribution in [0, 0.1) is 5.92 Å². The molecule has 2 aliphatic rings. The summed E-state index contributed by atoms with van der Waals surface area (Å²) in [5.41, 5.74) is 0.442. The number of morpholine rings is 1. The molecular formula is C18H24N2O6S. The smallest absolute Gasteiger partial charge is 0.309 e. The van der Waals surface area contributed by atoms with Crippen molar-refractivity contribution in [3.05, 3.63) is 24.3 Å². The molecule has 148 valence electrons. The van der Waals surface area contributed by atoms with Crippen LogP contribution in [0.3, 0.4) is 0 Å². The predicted molar refractivity (Wildman–Crippen MR) is 97.6 cm³/mol. The van der Waals surface area contributed by atoms with E-state index >= 15 is 0 Å². The van der Waals surface area contributed by atoms with Crippen molar-refractivity contribution in [3.8, 4) is 0 Å². The van der Waals surface area contributed by atoms with E-state index in [4.69, 9.17) is 9.47 Å². The zero-order valence-electron chi connectivity index (χ0n) is 15.1. The van der Waals surface area contributed by atoms with Gasteiger partial charge in [-0.05, 0) is 37.1 Å². The zero-order chi connectivity index (χ0) is 19.3. The second kappa shape index (κ2) is 8.81. The number of amides is 1. The number of benzene rings is 1. The van der Waals surface area contributed by atoms with E-state index in [2.05, 4.69) is 5.32 Å². The average molecular weight is 396 g/mol. The number of esters is 1. The van der Waals surface area contributed by atoms with Crippen LogP contribution in [0.4, 0.5) is 5.69 Å². The van der Waals surface area contributed by atoms with Gasteiger partial charge in [0, 0.05) is 18.8 Å². The molecule has 1 N–H and O–H groups in total. The monoisotopic (exact) mass is 396 g/mol. The Morgan fingerprint density at radius 1 is 1.11 bits per heavy atom. The Labute approximate surface area is 158 Å². The molecule has 0 atom stereocenters. The number of anilines is 1. The molecular weight excluding hydrogens is 372 g/mol. The Bertz CT molecular complexity index is 766. The van der Waals surface area contributed by atoms with E-state index in [1.54, 1.807) is 0 Å². The largest absolute Gasteiger partial charge is 0.455 e. The fraction of sp³-hybridized carbons (Fsp3) is 0.556. The number of nitrogens with one attached hydrogen (secondary N) is 1. The van der Waals surface area contributed by atoms with Crippen LogP contribution >= 0.6 is 0 Å². The van der Waals surface area contributed by atoms with Gasteiger partial charge in [0.2, 0.25) is 10.0 Å². The molecule has 1 heterocycles. The van der Waals surface area contributed by atoms with E-state index in [0.717, 1.165) is 25.7 Å². The number of ether oxygens (including phenoxy) is 2. The van der Waals surface area contributed by atoms with Gasteiger partial charge >= 0.3 is 5.97 Å². The molecule has 0 spiro atoms. The highest BCUT2D eigenvalue weighted by molar-refractivity contribution is 7.89. The first-order valence-corrected chi connectivity index (χ1v) is 10.6. The van der Waals surface area contributed by atoms with E-state index < -0.39 is 15.9 Å². The number of hydrogen-bond acceptors (Lipinski definition) is 6. The standard InChI is InChI=1S/C18H24N2O6S/c21-17(13-26-18(22)14-3-1-2-4-14)19-15-5-7-16(8-6-15)27(23,24)20-9-11-25-12-10-20/h5-8,14H,1-4,9-13H2,(H,19,21). The number of sulfonamides is 1. The molecule has 1 amide bonds. The van der Waals surface area contributed by atoms with Crippen LogP contribution in [-0.4, -0.2) is 57.5 Å². The van der Waals surface area contributed by atoms with Crippen LogP contribution in [0.15, 0.2) is 29.2 Å². The van der Waals surface area contributed by atoms with E-state index in [0.29, 0.717) is 32.0 Å². The molecule has 0 bridgehead atoms. The maximum atomic E-state index is 12.5. The third-order valence-corrected chi connectivity index (χ3v) is 6.69. The van der Waals surface area contributed by atoms with Crippen molar-refractivity contribution in [3.63, 3.8) is 0 Å². The second-order valence-electron chi connectivity index (χ2n) is 6.68. The first-order chi connectivity index (χ1) is 13.0. The molecule has 0 unspecified atom stereocenters. The highest BCUT2D eigenvalue weighted by atomic mass is 32.2. The van der Waals surface area contributed by atoms with Gasteiger partial charge in [-0.25, -0.2) is 8.42 Å². The van der Waals surface area contributed by atoms with Gasteiger partial charge in [0.05, 0.1) is 24.0 Å². The van der Waals surface area contributed by atoms with Gasteiger partial charge in [0.15, 0.2) is 6.61 Å². The maximum Gasteiger partial charge on any atom is 0.309 e. The van der Waals surface area contributed by atoms with Gasteiger partial charge in [0.1, 0.15) is 0 Å². The van der Waals surface area contributed by atoms with Crippen molar-refractivity contribution < 1.29 is 27.5 Å². The molecule has 0 aromatic heterocycles. The number of hydrogen-bond donors (Lipinski definition) is 1. The number of carbonyl (C=O) groups excluding carboxylic acids is 2.